The highest BCUT2D eigenvalue weighted by molar-refractivity contribution is 7.52. The average molecular weight is 366 g/mol. The van der Waals surface area contributed by atoms with Crippen LogP contribution in [0.15, 0.2) is 103 Å². The van der Waals surface area contributed by atoms with Gasteiger partial charge in [0, 0.05) is 16.8 Å². The third-order valence-corrected chi connectivity index (χ3v) is 6.42. The summed E-state index contributed by atoms with van der Waals surface area (Å²) in [4.78, 5) is 0. The Bertz CT molecular complexity index is 1230. The first-order valence-corrected chi connectivity index (χ1v) is 10.2. The lowest BCUT2D eigenvalue weighted by atomic mass is 10.1. The zero-order valence-electron chi connectivity index (χ0n) is 14.6. The third kappa shape index (κ3) is 2.66. The van der Waals surface area contributed by atoms with E-state index in [0.29, 0.717) is 0 Å². The van der Waals surface area contributed by atoms with Crippen molar-refractivity contribution in [3.63, 3.8) is 0 Å². The van der Waals surface area contributed by atoms with Gasteiger partial charge in [0.1, 0.15) is 0 Å². The van der Waals surface area contributed by atoms with Gasteiger partial charge in [0.15, 0.2) is 0 Å². The fourth-order valence-corrected chi connectivity index (χ4v) is 5.08. The van der Waals surface area contributed by atoms with Crippen molar-refractivity contribution in [2.75, 3.05) is 0 Å². The van der Waals surface area contributed by atoms with Gasteiger partial charge in [0.05, 0.1) is 11.0 Å². The normalized spacial score (nSPS) is 11.8. The molecule has 1 aromatic heterocycles. The molecule has 1 unspecified atom stereocenters. The highest BCUT2D eigenvalue weighted by atomic mass is 31.1. The molecule has 4 aromatic carbocycles. The lowest BCUT2D eigenvalue weighted by Crippen LogP contribution is -2.02. The molecule has 3 heteroatoms. The zero-order valence-corrected chi connectivity index (χ0v) is 15.5. The molecule has 0 spiro atoms. The topological polar surface area (TPSA) is 22.0 Å². The Morgan fingerprint density at radius 2 is 1.11 bits per heavy atom. The van der Waals surface area contributed by atoms with Crippen molar-refractivity contribution in [2.45, 2.75) is 0 Å². The minimum absolute atomic E-state index is 0.831. The first-order chi connectivity index (χ1) is 13.3. The fourth-order valence-electron chi connectivity index (χ4n) is 3.65. The highest BCUT2D eigenvalue weighted by Gasteiger charge is 2.28. The van der Waals surface area contributed by atoms with E-state index in [-0.39, 0.29) is 0 Å². The van der Waals surface area contributed by atoms with Crippen molar-refractivity contribution in [3.05, 3.63) is 103 Å². The molecule has 0 saturated carbocycles. The molecule has 27 heavy (non-hydrogen) atoms. The highest BCUT2D eigenvalue weighted by Crippen LogP contribution is 2.38. The monoisotopic (exact) mass is 366 g/mol. The van der Waals surface area contributed by atoms with Crippen LogP contribution < -0.4 is 5.30 Å². The second-order valence-electron chi connectivity index (χ2n) is 6.54. The molecule has 2 nitrogen and oxygen atoms in total. The fraction of sp³-hybridized carbons (Fsp3) is 0. The summed E-state index contributed by atoms with van der Waals surface area (Å²) in [5, 5.41) is 3.10. The van der Waals surface area contributed by atoms with Gasteiger partial charge in [-0.05, 0) is 33.9 Å². The molecule has 0 aliphatic heterocycles. The predicted octanol–water partition coefficient (Wildman–Crippen LogP) is 6.38. The maximum Gasteiger partial charge on any atom is 0.506 e. The van der Waals surface area contributed by atoms with Gasteiger partial charge in [-0.3, -0.25) is 0 Å². The van der Waals surface area contributed by atoms with Crippen LogP contribution in [0.4, 0.5) is 0 Å². The minimum atomic E-state index is -1.77. The minimum Gasteiger partial charge on any atom is -0.129 e. The van der Waals surface area contributed by atoms with Crippen molar-refractivity contribution in [3.8, 4) is 11.1 Å². The molecule has 0 fully saturated rings. The molecule has 128 valence electrons. The summed E-state index contributed by atoms with van der Waals surface area (Å²) in [6.45, 7) is 0. The van der Waals surface area contributed by atoms with E-state index < -0.39 is 7.95 Å². The molecular weight excluding hydrogens is 349 g/mol. The standard InChI is InChI=1S/C24H17NOP/c26-27(20-12-8-11-19(17-20)18-9-2-1-3-10-18)25-23-15-6-4-13-21(23)22-14-5-7-16-24(22)25/h1-17H/q+1. The van der Waals surface area contributed by atoms with E-state index in [1.165, 1.54) is 0 Å². The van der Waals surface area contributed by atoms with E-state index >= 15 is 0 Å². The summed E-state index contributed by atoms with van der Waals surface area (Å²) in [6, 6.07) is 34.6. The summed E-state index contributed by atoms with van der Waals surface area (Å²) >= 11 is 0. The van der Waals surface area contributed by atoms with Crippen molar-refractivity contribution in [1.82, 2.24) is 4.34 Å². The molecule has 0 amide bonds. The van der Waals surface area contributed by atoms with E-state index in [4.69, 9.17) is 0 Å². The van der Waals surface area contributed by atoms with Gasteiger partial charge in [-0.15, -0.1) is 4.34 Å². The van der Waals surface area contributed by atoms with Gasteiger partial charge < -0.3 is 0 Å². The predicted molar refractivity (Wildman–Crippen MR) is 114 cm³/mol. The summed E-state index contributed by atoms with van der Waals surface area (Å²) in [5.41, 5.74) is 4.22. The van der Waals surface area contributed by atoms with Gasteiger partial charge in [0.25, 0.3) is 0 Å². The largest absolute Gasteiger partial charge is 0.506 e. The summed E-state index contributed by atoms with van der Waals surface area (Å²) in [5.74, 6) is 0. The van der Waals surface area contributed by atoms with E-state index in [0.717, 1.165) is 38.2 Å². The van der Waals surface area contributed by atoms with E-state index in [2.05, 4.69) is 30.3 Å². The average Bonchev–Trinajstić information content (AvgIpc) is 3.08. The Kier molecular flexibility index (Phi) is 3.85. The van der Waals surface area contributed by atoms with Crippen LogP contribution in [0, 0.1) is 0 Å². The SMILES string of the molecule is O=[P+](c1cccc(-c2ccccc2)c1)n1c2ccccc2c2ccccc21. The molecule has 0 N–H and O–H groups in total. The van der Waals surface area contributed by atoms with Crippen LogP contribution in [0.3, 0.4) is 0 Å². The lowest BCUT2D eigenvalue weighted by Gasteiger charge is -2.01. The number of fused-ring (bicyclic) bond motifs is 3. The molecule has 1 atom stereocenters. The van der Waals surface area contributed by atoms with Crippen LogP contribution in [-0.4, -0.2) is 4.34 Å². The molecule has 5 aromatic rings. The maximum absolute atomic E-state index is 13.6. The smallest absolute Gasteiger partial charge is 0.129 e. The van der Waals surface area contributed by atoms with Crippen molar-refractivity contribution in [2.24, 2.45) is 0 Å². The maximum atomic E-state index is 13.6. The van der Waals surface area contributed by atoms with E-state index in [1.54, 1.807) is 0 Å². The van der Waals surface area contributed by atoms with Crippen LogP contribution in [0.5, 0.6) is 0 Å². The van der Waals surface area contributed by atoms with Crippen LogP contribution in [0.1, 0.15) is 0 Å². The van der Waals surface area contributed by atoms with Gasteiger partial charge in [-0.25, -0.2) is 0 Å². The van der Waals surface area contributed by atoms with Crippen LogP contribution in [0.25, 0.3) is 32.9 Å². The number of rotatable bonds is 3. The zero-order chi connectivity index (χ0) is 18.2. The number of nitrogens with zero attached hydrogens (tertiary/aromatic N) is 1. The molecule has 5 rings (SSSR count). The van der Waals surface area contributed by atoms with Gasteiger partial charge in [-0.2, -0.15) is 0 Å². The quantitative estimate of drug-likeness (QED) is 0.340. The summed E-state index contributed by atoms with van der Waals surface area (Å²) in [7, 11) is -1.77. The lowest BCUT2D eigenvalue weighted by molar-refractivity contribution is 0.590. The first kappa shape index (κ1) is 16.0. The van der Waals surface area contributed by atoms with Crippen LogP contribution in [0.2, 0.25) is 0 Å². The second kappa shape index (κ2) is 6.50. The molecule has 0 aliphatic carbocycles. The van der Waals surface area contributed by atoms with Crippen LogP contribution >= 0.6 is 7.95 Å². The van der Waals surface area contributed by atoms with Gasteiger partial charge >= 0.3 is 7.95 Å². The molecule has 0 radical (unpaired) electrons. The number of aromatic nitrogens is 1. The Labute approximate surface area is 158 Å². The Morgan fingerprint density at radius 1 is 0.556 bits per heavy atom. The molecular formula is C24H17NOP+. The van der Waals surface area contributed by atoms with Crippen molar-refractivity contribution >= 4 is 35.1 Å². The molecule has 0 saturated heterocycles. The third-order valence-electron chi connectivity index (χ3n) is 4.91. The Balaban J connectivity index is 1.71. The Morgan fingerprint density at radius 3 is 1.78 bits per heavy atom. The summed E-state index contributed by atoms with van der Waals surface area (Å²) < 4.78 is 15.6. The number of hydrogen-bond donors (Lipinski definition) is 0. The van der Waals surface area contributed by atoms with E-state index in [9.17, 15) is 4.57 Å². The van der Waals surface area contributed by atoms with Gasteiger partial charge in [0.2, 0.25) is 5.30 Å². The summed E-state index contributed by atoms with van der Waals surface area (Å²) in [6.07, 6.45) is 0. The molecule has 0 aliphatic rings. The van der Waals surface area contributed by atoms with Crippen molar-refractivity contribution < 1.29 is 4.57 Å². The van der Waals surface area contributed by atoms with E-state index in [1.807, 2.05) is 77.1 Å². The Hall–Kier alpha value is -3.22. The molecule has 1 heterocycles. The first-order valence-electron chi connectivity index (χ1n) is 8.94. The second-order valence-corrected chi connectivity index (χ2v) is 8.00. The number of para-hydroxylation sites is 2. The van der Waals surface area contributed by atoms with Gasteiger partial charge in [-0.1, -0.05) is 78.9 Å². The van der Waals surface area contributed by atoms with Crippen LogP contribution in [-0.2, 0) is 4.57 Å². The molecule has 0 bridgehead atoms. The number of hydrogen-bond acceptors (Lipinski definition) is 1. The number of benzene rings is 4. The van der Waals surface area contributed by atoms with Crippen molar-refractivity contribution in [1.29, 1.82) is 0 Å².